The number of alkyl halides is 3. The number of hydrogen-bond acceptors (Lipinski definition) is 2. The number of sulfonamides is 1. The van der Waals surface area contributed by atoms with Crippen molar-refractivity contribution in [2.45, 2.75) is 36.5 Å². The first kappa shape index (κ1) is 17.9. The van der Waals surface area contributed by atoms with Gasteiger partial charge in [-0.25, -0.2) is 12.8 Å². The molecule has 3 rings (SSSR count). The highest BCUT2D eigenvalue weighted by Crippen LogP contribution is 2.39. The minimum Gasteiger partial charge on any atom is -0.207 e. The van der Waals surface area contributed by atoms with Gasteiger partial charge in [0.2, 0.25) is 10.0 Å². The van der Waals surface area contributed by atoms with Crippen LogP contribution in [0.2, 0.25) is 0 Å². The molecule has 0 spiro atoms. The fourth-order valence-electron chi connectivity index (χ4n) is 2.59. The minimum absolute atomic E-state index is 0.0977. The van der Waals surface area contributed by atoms with Gasteiger partial charge in [-0.15, -0.1) is 0 Å². The Kier molecular flexibility index (Phi) is 4.59. The average Bonchev–Trinajstić information content (AvgIpc) is 3.38. The van der Waals surface area contributed by atoms with E-state index in [1.165, 1.54) is 30.3 Å². The molecule has 134 valence electrons. The largest absolute Gasteiger partial charge is 0.417 e. The molecule has 3 nitrogen and oxygen atoms in total. The molecule has 0 heterocycles. The lowest BCUT2D eigenvalue weighted by Gasteiger charge is -2.24. The maximum Gasteiger partial charge on any atom is 0.417 e. The molecule has 0 bridgehead atoms. The van der Waals surface area contributed by atoms with E-state index in [9.17, 15) is 26.0 Å². The predicted molar refractivity (Wildman–Crippen MR) is 83.6 cm³/mol. The number of benzene rings is 2. The van der Waals surface area contributed by atoms with E-state index >= 15 is 0 Å². The standard InChI is InChI=1S/C17H15F4NO2S/c18-13-7-5-12(6-8-13)11-22(14-9-10-14)25(23,24)16-4-2-1-3-15(16)17(19,20)21/h1-8,14H,9-11H2. The van der Waals surface area contributed by atoms with E-state index < -0.39 is 32.5 Å². The third kappa shape index (κ3) is 3.85. The lowest BCUT2D eigenvalue weighted by atomic mass is 10.2. The van der Waals surface area contributed by atoms with Crippen molar-refractivity contribution in [2.75, 3.05) is 0 Å². The van der Waals surface area contributed by atoms with Gasteiger partial charge >= 0.3 is 6.18 Å². The molecule has 1 saturated carbocycles. The van der Waals surface area contributed by atoms with Crippen LogP contribution in [0.1, 0.15) is 24.0 Å². The summed E-state index contributed by atoms with van der Waals surface area (Å²) in [5, 5.41) is 0. The lowest BCUT2D eigenvalue weighted by Crippen LogP contribution is -2.34. The second-order valence-electron chi connectivity index (χ2n) is 5.90. The van der Waals surface area contributed by atoms with E-state index in [2.05, 4.69) is 0 Å². The molecule has 8 heteroatoms. The van der Waals surface area contributed by atoms with Crippen molar-refractivity contribution < 1.29 is 26.0 Å². The van der Waals surface area contributed by atoms with Crippen molar-refractivity contribution in [3.63, 3.8) is 0 Å². The topological polar surface area (TPSA) is 37.4 Å². The van der Waals surface area contributed by atoms with Gasteiger partial charge in [-0.2, -0.15) is 17.5 Å². The zero-order valence-corrected chi connectivity index (χ0v) is 13.8. The molecular weight excluding hydrogens is 358 g/mol. The van der Waals surface area contributed by atoms with Crippen LogP contribution in [0.3, 0.4) is 0 Å². The molecule has 2 aromatic carbocycles. The highest BCUT2D eigenvalue weighted by molar-refractivity contribution is 7.89. The molecule has 0 unspecified atom stereocenters. The van der Waals surface area contributed by atoms with Crippen molar-refractivity contribution in [1.82, 2.24) is 4.31 Å². The fraction of sp³-hybridized carbons (Fsp3) is 0.294. The summed E-state index contributed by atoms with van der Waals surface area (Å²) in [7, 11) is -4.34. The summed E-state index contributed by atoms with van der Waals surface area (Å²) in [5.74, 6) is -0.466. The highest BCUT2D eigenvalue weighted by Gasteiger charge is 2.43. The van der Waals surface area contributed by atoms with Crippen molar-refractivity contribution in [3.05, 3.63) is 65.5 Å². The van der Waals surface area contributed by atoms with E-state index in [-0.39, 0.29) is 12.6 Å². The Labute approximate surface area is 142 Å². The molecule has 1 aliphatic rings. The molecule has 1 fully saturated rings. The number of nitrogens with zero attached hydrogens (tertiary/aromatic N) is 1. The molecule has 1 aliphatic carbocycles. The van der Waals surface area contributed by atoms with E-state index in [0.717, 1.165) is 22.5 Å². The van der Waals surface area contributed by atoms with E-state index in [4.69, 9.17) is 0 Å². The van der Waals surface area contributed by atoms with Crippen molar-refractivity contribution in [3.8, 4) is 0 Å². The molecule has 25 heavy (non-hydrogen) atoms. The fourth-order valence-corrected chi connectivity index (χ4v) is 4.48. The maximum atomic E-state index is 13.2. The van der Waals surface area contributed by atoms with E-state index in [1.807, 2.05) is 0 Å². The third-order valence-electron chi connectivity index (χ3n) is 3.98. The summed E-state index contributed by atoms with van der Waals surface area (Å²) in [6, 6.07) is 9.05. The molecule has 0 atom stereocenters. The molecule has 0 radical (unpaired) electrons. The van der Waals surface area contributed by atoms with Gasteiger partial charge in [0, 0.05) is 12.6 Å². The van der Waals surface area contributed by atoms with Gasteiger partial charge in [-0.1, -0.05) is 24.3 Å². The van der Waals surface area contributed by atoms with Gasteiger partial charge in [0.1, 0.15) is 5.82 Å². The molecule has 0 saturated heterocycles. The van der Waals surface area contributed by atoms with Gasteiger partial charge < -0.3 is 0 Å². The number of halogens is 4. The Morgan fingerprint density at radius 1 is 1.00 bits per heavy atom. The molecule has 2 aromatic rings. The summed E-state index contributed by atoms with van der Waals surface area (Å²) in [6.07, 6.45) is -3.59. The minimum atomic E-state index is -4.77. The normalized spacial score (nSPS) is 15.6. The summed E-state index contributed by atoms with van der Waals surface area (Å²) < 4.78 is 79.5. The van der Waals surface area contributed by atoms with Crippen molar-refractivity contribution in [1.29, 1.82) is 0 Å². The van der Waals surface area contributed by atoms with Gasteiger partial charge in [-0.05, 0) is 42.7 Å². The summed E-state index contributed by atoms with van der Waals surface area (Å²) in [4.78, 5) is -0.753. The lowest BCUT2D eigenvalue weighted by molar-refractivity contribution is -0.139. The molecule has 0 aromatic heterocycles. The quantitative estimate of drug-likeness (QED) is 0.737. The Balaban J connectivity index is 2.00. The molecule has 0 amide bonds. The molecule has 0 N–H and O–H groups in total. The molecule has 0 aliphatic heterocycles. The van der Waals surface area contributed by atoms with Gasteiger partial charge in [-0.3, -0.25) is 0 Å². The van der Waals surface area contributed by atoms with Crippen LogP contribution in [0.5, 0.6) is 0 Å². The van der Waals surface area contributed by atoms with Crippen LogP contribution in [0.4, 0.5) is 17.6 Å². The monoisotopic (exact) mass is 373 g/mol. The van der Waals surface area contributed by atoms with Crippen molar-refractivity contribution >= 4 is 10.0 Å². The number of rotatable bonds is 5. The Bertz CT molecular complexity index is 859. The Morgan fingerprint density at radius 3 is 2.16 bits per heavy atom. The molecular formula is C17H15F4NO2S. The van der Waals surface area contributed by atoms with Gasteiger partial charge in [0.05, 0.1) is 10.5 Å². The Hall–Kier alpha value is -1.93. The first-order valence-corrected chi connectivity index (χ1v) is 9.06. The zero-order chi connectivity index (χ0) is 18.2. The Morgan fingerprint density at radius 2 is 1.60 bits per heavy atom. The van der Waals surface area contributed by atoms with E-state index in [0.29, 0.717) is 18.4 Å². The second kappa shape index (κ2) is 6.42. The predicted octanol–water partition coefficient (Wildman–Crippen LogP) is 4.20. The summed E-state index contributed by atoms with van der Waals surface area (Å²) in [6.45, 7) is -0.0977. The van der Waals surface area contributed by atoms with Crippen LogP contribution in [-0.2, 0) is 22.7 Å². The number of hydrogen-bond donors (Lipinski definition) is 0. The van der Waals surface area contributed by atoms with Crippen LogP contribution in [0.15, 0.2) is 53.4 Å². The third-order valence-corrected chi connectivity index (χ3v) is 5.94. The maximum absolute atomic E-state index is 13.2. The smallest absolute Gasteiger partial charge is 0.207 e. The van der Waals surface area contributed by atoms with Crippen LogP contribution >= 0.6 is 0 Å². The second-order valence-corrected chi connectivity index (χ2v) is 7.76. The van der Waals surface area contributed by atoms with Crippen molar-refractivity contribution in [2.24, 2.45) is 0 Å². The average molecular weight is 373 g/mol. The van der Waals surface area contributed by atoms with E-state index in [1.54, 1.807) is 0 Å². The first-order valence-electron chi connectivity index (χ1n) is 7.62. The van der Waals surface area contributed by atoms with Gasteiger partial charge in [0.15, 0.2) is 0 Å². The van der Waals surface area contributed by atoms with Crippen LogP contribution < -0.4 is 0 Å². The summed E-state index contributed by atoms with van der Waals surface area (Å²) >= 11 is 0. The van der Waals surface area contributed by atoms with Crippen LogP contribution in [0.25, 0.3) is 0 Å². The highest BCUT2D eigenvalue weighted by atomic mass is 32.2. The van der Waals surface area contributed by atoms with Crippen LogP contribution in [-0.4, -0.2) is 18.8 Å². The van der Waals surface area contributed by atoms with Crippen LogP contribution in [0, 0.1) is 5.82 Å². The summed E-state index contributed by atoms with van der Waals surface area (Å²) in [5.41, 5.74) is -0.666. The first-order chi connectivity index (χ1) is 11.7. The van der Waals surface area contributed by atoms with Gasteiger partial charge in [0.25, 0.3) is 0 Å². The SMILES string of the molecule is O=S(=O)(c1ccccc1C(F)(F)F)N(Cc1ccc(F)cc1)C1CC1. The zero-order valence-electron chi connectivity index (χ0n) is 13.0.